The molecule has 0 heterocycles. The first kappa shape index (κ1) is 19.5. The van der Waals surface area contributed by atoms with E-state index in [1.54, 1.807) is 6.92 Å². The Morgan fingerprint density at radius 1 is 1.17 bits per heavy atom. The van der Waals surface area contributed by atoms with E-state index < -0.39 is 0 Å². The molecular formula is C18H21Cl2NO2. The average molecular weight is 354 g/mol. The SMILES string of the molecule is CCOC(=O)C[C@H](N)Cc1ccc(-c2cccc(Cl)c2)cc1.Cl. The van der Waals surface area contributed by atoms with Gasteiger partial charge in [-0.25, -0.2) is 0 Å². The standard InChI is InChI=1S/C18H20ClNO2.ClH/c1-2-22-18(21)12-17(20)10-13-6-8-14(9-7-13)15-4-3-5-16(19)11-15;/h3-9,11,17H,2,10,12,20H2,1H3;1H/t17-;/m1./s1. The fraction of sp³-hybridized carbons (Fsp3) is 0.278. The minimum Gasteiger partial charge on any atom is -0.466 e. The number of nitrogens with two attached hydrogens (primary N) is 1. The van der Waals surface area contributed by atoms with E-state index >= 15 is 0 Å². The second-order valence-corrected chi connectivity index (χ2v) is 5.62. The van der Waals surface area contributed by atoms with Crippen LogP contribution in [-0.4, -0.2) is 18.6 Å². The predicted octanol–water partition coefficient (Wildman–Crippen LogP) is 4.25. The molecule has 0 fully saturated rings. The number of hydrogen-bond donors (Lipinski definition) is 1. The number of carbonyl (C=O) groups excluding carboxylic acids is 1. The average Bonchev–Trinajstić information content (AvgIpc) is 2.48. The fourth-order valence-corrected chi connectivity index (χ4v) is 2.50. The molecule has 0 aliphatic rings. The zero-order chi connectivity index (χ0) is 15.9. The van der Waals surface area contributed by atoms with Crippen molar-refractivity contribution in [3.05, 3.63) is 59.1 Å². The Hall–Kier alpha value is -1.55. The number of halogens is 2. The van der Waals surface area contributed by atoms with Crippen molar-refractivity contribution in [3.63, 3.8) is 0 Å². The van der Waals surface area contributed by atoms with Crippen LogP contribution in [0.5, 0.6) is 0 Å². The largest absolute Gasteiger partial charge is 0.466 e. The summed E-state index contributed by atoms with van der Waals surface area (Å²) in [6.45, 7) is 2.18. The third-order valence-electron chi connectivity index (χ3n) is 3.34. The van der Waals surface area contributed by atoms with E-state index in [1.807, 2.05) is 48.5 Å². The molecule has 2 rings (SSSR count). The lowest BCUT2D eigenvalue weighted by atomic mass is 10.00. The molecule has 2 aromatic carbocycles. The number of benzene rings is 2. The zero-order valence-electron chi connectivity index (χ0n) is 13.0. The summed E-state index contributed by atoms with van der Waals surface area (Å²) in [5.41, 5.74) is 9.27. The first-order valence-electron chi connectivity index (χ1n) is 7.34. The third kappa shape index (κ3) is 6.22. The second-order valence-electron chi connectivity index (χ2n) is 5.18. The molecule has 0 aliphatic carbocycles. The molecule has 0 radical (unpaired) electrons. The van der Waals surface area contributed by atoms with Crippen LogP contribution in [-0.2, 0) is 16.0 Å². The summed E-state index contributed by atoms with van der Waals surface area (Å²) in [4.78, 5) is 11.4. The van der Waals surface area contributed by atoms with Gasteiger partial charge in [0.1, 0.15) is 0 Å². The Balaban J connectivity index is 0.00000264. The summed E-state index contributed by atoms with van der Waals surface area (Å²) in [5.74, 6) is -0.245. The number of carbonyl (C=O) groups is 1. The maximum Gasteiger partial charge on any atom is 0.307 e. The van der Waals surface area contributed by atoms with Gasteiger partial charge in [-0.15, -0.1) is 12.4 Å². The predicted molar refractivity (Wildman–Crippen MR) is 97.1 cm³/mol. The van der Waals surface area contributed by atoms with E-state index in [-0.39, 0.29) is 30.8 Å². The van der Waals surface area contributed by atoms with Gasteiger partial charge in [-0.3, -0.25) is 4.79 Å². The van der Waals surface area contributed by atoms with Crippen LogP contribution in [0.2, 0.25) is 5.02 Å². The van der Waals surface area contributed by atoms with Crippen LogP contribution >= 0.6 is 24.0 Å². The van der Waals surface area contributed by atoms with Crippen LogP contribution in [0.1, 0.15) is 18.9 Å². The lowest BCUT2D eigenvalue weighted by molar-refractivity contribution is -0.143. The molecule has 5 heteroatoms. The number of esters is 1. The highest BCUT2D eigenvalue weighted by Crippen LogP contribution is 2.23. The van der Waals surface area contributed by atoms with E-state index in [0.29, 0.717) is 13.0 Å². The summed E-state index contributed by atoms with van der Waals surface area (Å²) >= 11 is 6.01. The molecule has 0 aromatic heterocycles. The highest BCUT2D eigenvalue weighted by molar-refractivity contribution is 6.30. The van der Waals surface area contributed by atoms with Crippen LogP contribution in [0.25, 0.3) is 11.1 Å². The van der Waals surface area contributed by atoms with E-state index in [4.69, 9.17) is 22.1 Å². The van der Waals surface area contributed by atoms with Gasteiger partial charge in [-0.1, -0.05) is 48.0 Å². The summed E-state index contributed by atoms with van der Waals surface area (Å²) in [6.07, 6.45) is 0.887. The zero-order valence-corrected chi connectivity index (χ0v) is 14.6. The van der Waals surface area contributed by atoms with E-state index in [9.17, 15) is 4.79 Å². The van der Waals surface area contributed by atoms with Gasteiger partial charge in [0, 0.05) is 11.1 Å². The molecule has 2 aromatic rings. The maximum absolute atomic E-state index is 11.4. The van der Waals surface area contributed by atoms with Crippen LogP contribution < -0.4 is 5.73 Å². The van der Waals surface area contributed by atoms with Gasteiger partial charge in [0.2, 0.25) is 0 Å². The van der Waals surface area contributed by atoms with Crippen LogP contribution in [0, 0.1) is 0 Å². The molecule has 0 unspecified atom stereocenters. The molecule has 0 amide bonds. The molecule has 0 saturated heterocycles. The van der Waals surface area contributed by atoms with Crippen molar-refractivity contribution in [1.29, 1.82) is 0 Å². The lowest BCUT2D eigenvalue weighted by Crippen LogP contribution is -2.27. The molecule has 23 heavy (non-hydrogen) atoms. The van der Waals surface area contributed by atoms with Gasteiger partial charge < -0.3 is 10.5 Å². The summed E-state index contributed by atoms with van der Waals surface area (Å²) < 4.78 is 4.91. The maximum atomic E-state index is 11.4. The van der Waals surface area contributed by atoms with E-state index in [1.165, 1.54) is 0 Å². The van der Waals surface area contributed by atoms with Crippen molar-refractivity contribution in [2.45, 2.75) is 25.8 Å². The third-order valence-corrected chi connectivity index (χ3v) is 3.58. The lowest BCUT2D eigenvalue weighted by Gasteiger charge is -2.11. The van der Waals surface area contributed by atoms with Crippen molar-refractivity contribution >= 4 is 30.0 Å². The van der Waals surface area contributed by atoms with Crippen molar-refractivity contribution in [1.82, 2.24) is 0 Å². The minimum absolute atomic E-state index is 0. The monoisotopic (exact) mass is 353 g/mol. The molecule has 0 saturated carbocycles. The summed E-state index contributed by atoms with van der Waals surface area (Å²) in [5, 5.41) is 0.720. The van der Waals surface area contributed by atoms with Crippen LogP contribution in [0.4, 0.5) is 0 Å². The molecule has 2 N–H and O–H groups in total. The quantitative estimate of drug-likeness (QED) is 0.789. The van der Waals surface area contributed by atoms with Gasteiger partial charge >= 0.3 is 5.97 Å². The Morgan fingerprint density at radius 3 is 2.48 bits per heavy atom. The highest BCUT2D eigenvalue weighted by Gasteiger charge is 2.11. The molecular weight excluding hydrogens is 333 g/mol. The van der Waals surface area contributed by atoms with Crippen molar-refractivity contribution in [2.24, 2.45) is 5.73 Å². The second kappa shape index (κ2) is 9.56. The molecule has 3 nitrogen and oxygen atoms in total. The summed E-state index contributed by atoms with van der Waals surface area (Å²) in [7, 11) is 0. The van der Waals surface area contributed by atoms with Gasteiger partial charge in [-0.2, -0.15) is 0 Å². The van der Waals surface area contributed by atoms with Gasteiger partial charge in [0.25, 0.3) is 0 Å². The Labute approximate surface area is 148 Å². The Morgan fingerprint density at radius 2 is 1.87 bits per heavy atom. The topological polar surface area (TPSA) is 52.3 Å². The first-order chi connectivity index (χ1) is 10.6. The van der Waals surface area contributed by atoms with Crippen LogP contribution in [0.15, 0.2) is 48.5 Å². The molecule has 124 valence electrons. The highest BCUT2D eigenvalue weighted by atomic mass is 35.5. The van der Waals surface area contributed by atoms with Crippen LogP contribution in [0.3, 0.4) is 0 Å². The molecule has 0 spiro atoms. The van der Waals surface area contributed by atoms with E-state index in [2.05, 4.69) is 0 Å². The van der Waals surface area contributed by atoms with Crippen molar-refractivity contribution in [2.75, 3.05) is 6.61 Å². The fourth-order valence-electron chi connectivity index (χ4n) is 2.31. The molecule has 0 bridgehead atoms. The smallest absolute Gasteiger partial charge is 0.307 e. The van der Waals surface area contributed by atoms with Gasteiger partial charge in [0.05, 0.1) is 13.0 Å². The Bertz CT molecular complexity index is 629. The van der Waals surface area contributed by atoms with Gasteiger partial charge in [-0.05, 0) is 42.2 Å². The van der Waals surface area contributed by atoms with Gasteiger partial charge in [0.15, 0.2) is 0 Å². The first-order valence-corrected chi connectivity index (χ1v) is 7.72. The number of hydrogen-bond acceptors (Lipinski definition) is 3. The van der Waals surface area contributed by atoms with E-state index in [0.717, 1.165) is 21.7 Å². The number of rotatable bonds is 6. The normalized spacial score (nSPS) is 11.4. The Kier molecular flexibility index (Phi) is 8.10. The molecule has 1 atom stereocenters. The molecule has 0 aliphatic heterocycles. The van der Waals surface area contributed by atoms with Crippen molar-refractivity contribution < 1.29 is 9.53 Å². The number of ether oxygens (including phenoxy) is 1. The van der Waals surface area contributed by atoms with Crippen molar-refractivity contribution in [3.8, 4) is 11.1 Å². The minimum atomic E-state index is -0.245. The summed E-state index contributed by atoms with van der Waals surface area (Å²) in [6, 6.07) is 15.7.